The third kappa shape index (κ3) is 4.37. The molecule has 0 aliphatic carbocycles. The van der Waals surface area contributed by atoms with Gasteiger partial charge in [0.2, 0.25) is 5.95 Å². The van der Waals surface area contributed by atoms with Crippen LogP contribution in [0.25, 0.3) is 0 Å². The Morgan fingerprint density at radius 3 is 2.62 bits per heavy atom. The van der Waals surface area contributed by atoms with Crippen LogP contribution in [-0.2, 0) is 4.74 Å². The Hall–Kier alpha value is -3.40. The minimum absolute atomic E-state index is 0.00163. The van der Waals surface area contributed by atoms with E-state index in [2.05, 4.69) is 20.3 Å². The Morgan fingerprint density at radius 2 is 1.85 bits per heavy atom. The highest BCUT2D eigenvalue weighted by atomic mass is 19.2. The van der Waals surface area contributed by atoms with Gasteiger partial charge in [0.25, 0.3) is 0 Å². The summed E-state index contributed by atoms with van der Waals surface area (Å²) in [6.07, 6.45) is 5.06. The third-order valence-corrected chi connectivity index (χ3v) is 6.23. The van der Waals surface area contributed by atoms with E-state index in [4.69, 9.17) is 9.47 Å². The molecule has 1 N–H and O–H groups in total. The molecule has 2 aromatic heterocycles. The molecule has 2 aliphatic heterocycles. The van der Waals surface area contributed by atoms with Crippen molar-refractivity contribution < 1.29 is 22.6 Å². The Bertz CT molecular complexity index is 1200. The van der Waals surface area contributed by atoms with E-state index >= 15 is 0 Å². The second-order valence-electron chi connectivity index (χ2n) is 8.58. The van der Waals surface area contributed by atoms with E-state index in [1.54, 1.807) is 24.3 Å². The Kier molecular flexibility index (Phi) is 5.99. The fraction of sp³-hybridized carbons (Fsp3) is 0.375. The lowest BCUT2D eigenvalue weighted by atomic mass is 9.99. The number of nitrogens with one attached hydrogen (secondary N) is 1. The van der Waals surface area contributed by atoms with Gasteiger partial charge in [-0.1, -0.05) is 0 Å². The maximum atomic E-state index is 14.4. The summed E-state index contributed by atoms with van der Waals surface area (Å²) >= 11 is 0. The highest BCUT2D eigenvalue weighted by molar-refractivity contribution is 5.57. The topological polar surface area (TPSA) is 72.4 Å². The monoisotopic (exact) mass is 471 g/mol. The number of aromatic nitrogens is 3. The molecule has 2 aliphatic rings. The second-order valence-corrected chi connectivity index (χ2v) is 8.58. The number of rotatable bonds is 4. The van der Waals surface area contributed by atoms with Crippen LogP contribution in [0.5, 0.6) is 5.75 Å². The summed E-state index contributed by atoms with van der Waals surface area (Å²) in [4.78, 5) is 14.8. The predicted molar refractivity (Wildman–Crippen MR) is 119 cm³/mol. The molecule has 1 fully saturated rings. The van der Waals surface area contributed by atoms with Crippen molar-refractivity contribution in [3.8, 4) is 5.75 Å². The summed E-state index contributed by atoms with van der Waals surface area (Å²) in [5.41, 5.74) is 2.07. The number of halogens is 3. The number of hydrogen-bond acceptors (Lipinski definition) is 7. The maximum absolute atomic E-state index is 14.4. The minimum atomic E-state index is -1.23. The molecule has 0 spiro atoms. The second kappa shape index (κ2) is 9.09. The van der Waals surface area contributed by atoms with Crippen LogP contribution in [0.3, 0.4) is 0 Å². The molecular formula is C24H24F3N5O2. The number of fused-ring (bicyclic) bond motifs is 1. The van der Waals surface area contributed by atoms with Crippen molar-refractivity contribution in [2.24, 2.45) is 0 Å². The van der Waals surface area contributed by atoms with Gasteiger partial charge in [-0.3, -0.25) is 4.98 Å². The summed E-state index contributed by atoms with van der Waals surface area (Å²) < 4.78 is 53.3. The molecule has 0 saturated carbocycles. The smallest absolute Gasteiger partial charge is 0.225 e. The lowest BCUT2D eigenvalue weighted by Gasteiger charge is -2.35. The number of nitrogens with zero attached hydrogens (tertiary/aromatic N) is 4. The van der Waals surface area contributed by atoms with Crippen LogP contribution in [0, 0.1) is 24.4 Å². The van der Waals surface area contributed by atoms with E-state index in [0.717, 1.165) is 30.2 Å². The Labute approximate surface area is 195 Å². The van der Waals surface area contributed by atoms with Gasteiger partial charge >= 0.3 is 0 Å². The lowest BCUT2D eigenvalue weighted by Crippen LogP contribution is -2.36. The first-order valence-corrected chi connectivity index (χ1v) is 11.1. The van der Waals surface area contributed by atoms with Crippen molar-refractivity contribution in [1.82, 2.24) is 15.0 Å². The number of aryl methyl sites for hydroxylation is 1. The van der Waals surface area contributed by atoms with Crippen LogP contribution >= 0.6 is 0 Å². The van der Waals surface area contributed by atoms with E-state index in [9.17, 15) is 13.2 Å². The lowest BCUT2D eigenvalue weighted by molar-refractivity contribution is 0.00794. The summed E-state index contributed by atoms with van der Waals surface area (Å²) in [5.74, 6) is -1.94. The summed E-state index contributed by atoms with van der Waals surface area (Å²) in [5, 5.41) is 3.29. The molecule has 0 amide bonds. The van der Waals surface area contributed by atoms with Crippen molar-refractivity contribution in [3.05, 3.63) is 70.9 Å². The van der Waals surface area contributed by atoms with Gasteiger partial charge in [-0.2, -0.15) is 4.98 Å². The van der Waals surface area contributed by atoms with Crippen LogP contribution in [0.1, 0.15) is 41.8 Å². The van der Waals surface area contributed by atoms with Crippen molar-refractivity contribution in [3.63, 3.8) is 0 Å². The number of hydrogen-bond donors (Lipinski definition) is 1. The third-order valence-electron chi connectivity index (χ3n) is 6.23. The van der Waals surface area contributed by atoms with Crippen molar-refractivity contribution in [2.45, 2.75) is 38.0 Å². The molecule has 3 unspecified atom stereocenters. The van der Waals surface area contributed by atoms with Crippen LogP contribution in [0.2, 0.25) is 0 Å². The molecule has 7 nitrogen and oxygen atoms in total. The standard InChI is InChI=1S/C24H24F3N5O2/c1-13-7-14(5-6-28-13)21-4-3-15(11-33-21)30-24-29-10-22-23(31-24)32(2)20(12-34-22)16-8-18(26)19(27)9-17(16)25/h5-10,15,20-21H,3-4,11-12H2,1-2H3,(H,29,30,31). The van der Waals surface area contributed by atoms with Gasteiger partial charge in [-0.05, 0) is 43.5 Å². The van der Waals surface area contributed by atoms with E-state index in [1.165, 1.54) is 0 Å². The molecule has 10 heteroatoms. The largest absolute Gasteiger partial charge is 0.486 e. The first-order chi connectivity index (χ1) is 16.4. The van der Waals surface area contributed by atoms with Crippen molar-refractivity contribution in [1.29, 1.82) is 0 Å². The molecule has 4 heterocycles. The zero-order valence-corrected chi connectivity index (χ0v) is 18.8. The molecular weight excluding hydrogens is 447 g/mol. The van der Waals surface area contributed by atoms with E-state index in [0.29, 0.717) is 30.2 Å². The van der Waals surface area contributed by atoms with Crippen molar-refractivity contribution >= 4 is 11.8 Å². The van der Waals surface area contributed by atoms with Crippen LogP contribution in [-0.4, -0.2) is 41.3 Å². The summed E-state index contributed by atoms with van der Waals surface area (Å²) in [6, 6.07) is 4.76. The van der Waals surface area contributed by atoms with Crippen molar-refractivity contribution in [2.75, 3.05) is 30.5 Å². The van der Waals surface area contributed by atoms with Crippen LogP contribution in [0.4, 0.5) is 24.9 Å². The quantitative estimate of drug-likeness (QED) is 0.562. The zero-order valence-electron chi connectivity index (χ0n) is 18.8. The van der Waals surface area contributed by atoms with E-state index < -0.39 is 23.5 Å². The van der Waals surface area contributed by atoms with Crippen LogP contribution in [0.15, 0.2) is 36.7 Å². The van der Waals surface area contributed by atoms with Gasteiger partial charge in [0.1, 0.15) is 12.4 Å². The first kappa shape index (κ1) is 22.4. The fourth-order valence-electron chi connectivity index (χ4n) is 4.38. The predicted octanol–water partition coefficient (Wildman–Crippen LogP) is 4.50. The number of ether oxygens (including phenoxy) is 2. The highest BCUT2D eigenvalue weighted by Gasteiger charge is 2.31. The summed E-state index contributed by atoms with van der Waals surface area (Å²) in [7, 11) is 1.70. The van der Waals surface area contributed by atoms with Crippen LogP contribution < -0.4 is 15.0 Å². The number of pyridine rings is 1. The Morgan fingerprint density at radius 1 is 1.03 bits per heavy atom. The van der Waals surface area contributed by atoms with Gasteiger partial charge < -0.3 is 19.7 Å². The molecule has 1 aromatic carbocycles. The van der Waals surface area contributed by atoms with Gasteiger partial charge in [-0.25, -0.2) is 18.2 Å². The molecule has 178 valence electrons. The molecule has 34 heavy (non-hydrogen) atoms. The number of anilines is 2. The van der Waals surface area contributed by atoms with Gasteiger partial charge in [-0.15, -0.1) is 0 Å². The van der Waals surface area contributed by atoms with Gasteiger partial charge in [0, 0.05) is 30.6 Å². The fourth-order valence-corrected chi connectivity index (χ4v) is 4.38. The first-order valence-electron chi connectivity index (χ1n) is 11.1. The Balaban J connectivity index is 1.28. The normalized spacial score (nSPS) is 22.1. The molecule has 1 saturated heterocycles. The molecule has 5 rings (SSSR count). The van der Waals surface area contributed by atoms with Gasteiger partial charge in [0.05, 0.1) is 31.0 Å². The zero-order chi connectivity index (χ0) is 23.8. The maximum Gasteiger partial charge on any atom is 0.225 e. The summed E-state index contributed by atoms with van der Waals surface area (Å²) in [6.45, 7) is 2.49. The highest BCUT2D eigenvalue weighted by Crippen LogP contribution is 2.38. The van der Waals surface area contributed by atoms with E-state index in [1.807, 2.05) is 19.1 Å². The minimum Gasteiger partial charge on any atom is -0.486 e. The van der Waals surface area contributed by atoms with Gasteiger partial charge in [0.15, 0.2) is 23.2 Å². The molecule has 0 radical (unpaired) electrons. The van der Waals surface area contributed by atoms with E-state index in [-0.39, 0.29) is 24.3 Å². The molecule has 3 aromatic rings. The average molecular weight is 471 g/mol. The SMILES string of the molecule is Cc1cc(C2CCC(Nc3ncc4c(n3)N(C)C(c3cc(F)c(F)cc3F)CO4)CO2)ccn1. The molecule has 0 bridgehead atoms. The number of benzene rings is 1. The average Bonchev–Trinajstić information content (AvgIpc) is 2.83. The molecule has 3 atom stereocenters. The number of likely N-dealkylation sites (N-methyl/N-ethyl adjacent to an activating group) is 1.